The van der Waals surface area contributed by atoms with Gasteiger partial charge in [0.1, 0.15) is 11.9 Å². The van der Waals surface area contributed by atoms with Gasteiger partial charge in [-0.05, 0) is 38.5 Å². The van der Waals surface area contributed by atoms with Crippen molar-refractivity contribution in [1.82, 2.24) is 30.5 Å². The zero-order chi connectivity index (χ0) is 23.4. The summed E-state index contributed by atoms with van der Waals surface area (Å²) in [6.45, 7) is 12.1. The van der Waals surface area contributed by atoms with Crippen LogP contribution >= 0.6 is 0 Å². The molecule has 0 aliphatic rings. The second-order valence-electron chi connectivity index (χ2n) is 9.36. The maximum Gasteiger partial charge on any atom is 0.407 e. The van der Waals surface area contributed by atoms with Crippen LogP contribution in [-0.2, 0) is 16.7 Å². The third-order valence-corrected chi connectivity index (χ3v) is 4.22. The molecule has 0 radical (unpaired) electrons. The Labute approximate surface area is 187 Å². The van der Waals surface area contributed by atoms with E-state index in [-0.39, 0.29) is 5.41 Å². The van der Waals surface area contributed by atoms with E-state index in [4.69, 9.17) is 4.74 Å². The van der Waals surface area contributed by atoms with E-state index in [1.165, 1.54) is 6.33 Å². The van der Waals surface area contributed by atoms with E-state index in [9.17, 15) is 4.79 Å². The Balaban J connectivity index is 1.62. The molecule has 32 heavy (non-hydrogen) atoms. The molecule has 2 heterocycles. The quantitative estimate of drug-likeness (QED) is 0.445. The van der Waals surface area contributed by atoms with Crippen molar-refractivity contribution >= 4 is 29.5 Å². The maximum atomic E-state index is 11.9. The second-order valence-corrected chi connectivity index (χ2v) is 9.36. The molecule has 2 aromatic heterocycles. The number of ether oxygens (including phenoxy) is 1. The molecule has 170 valence electrons. The van der Waals surface area contributed by atoms with E-state index in [1.54, 1.807) is 0 Å². The smallest absolute Gasteiger partial charge is 0.407 e. The van der Waals surface area contributed by atoms with E-state index in [0.717, 1.165) is 16.9 Å². The second kappa shape index (κ2) is 9.21. The van der Waals surface area contributed by atoms with Gasteiger partial charge in [0.15, 0.2) is 5.82 Å². The van der Waals surface area contributed by atoms with Gasteiger partial charge in [-0.25, -0.2) is 14.8 Å². The fraction of sp³-hybridized carbons (Fsp3) is 0.409. The Morgan fingerprint density at radius 1 is 1.03 bits per heavy atom. The SMILES string of the molecule is CC(C)(C)OC(=O)NCc1cccc(Nc2ncnc(Nc3cc(C(C)(C)C)[nH]n3)n2)c1. The highest BCUT2D eigenvalue weighted by atomic mass is 16.6. The summed E-state index contributed by atoms with van der Waals surface area (Å²) >= 11 is 0. The number of H-pyrrole nitrogens is 1. The lowest BCUT2D eigenvalue weighted by molar-refractivity contribution is 0.0523. The lowest BCUT2D eigenvalue weighted by Gasteiger charge is -2.19. The third-order valence-electron chi connectivity index (χ3n) is 4.22. The summed E-state index contributed by atoms with van der Waals surface area (Å²) in [7, 11) is 0. The minimum absolute atomic E-state index is 0.0396. The zero-order valence-electron chi connectivity index (χ0n) is 19.3. The molecule has 0 bridgehead atoms. The number of hydrogen-bond acceptors (Lipinski definition) is 8. The Morgan fingerprint density at radius 2 is 1.75 bits per heavy atom. The first-order valence-corrected chi connectivity index (χ1v) is 10.3. The standard InChI is InChI=1S/C22H30N8O2/c1-21(2,3)16-11-17(30-29-16)27-19-25-13-24-18(28-19)26-15-9-7-8-14(10-15)12-23-20(31)32-22(4,5)6/h7-11,13H,12H2,1-6H3,(H,23,31)(H3,24,25,26,27,28,29,30). The average Bonchev–Trinajstić information content (AvgIpc) is 3.15. The molecule has 0 spiro atoms. The van der Waals surface area contributed by atoms with Crippen LogP contribution in [0.1, 0.15) is 52.8 Å². The largest absolute Gasteiger partial charge is 0.444 e. The van der Waals surface area contributed by atoms with Gasteiger partial charge in [0.2, 0.25) is 11.9 Å². The summed E-state index contributed by atoms with van der Waals surface area (Å²) in [5.74, 6) is 1.38. The molecule has 0 unspecified atom stereocenters. The molecule has 1 aromatic carbocycles. The fourth-order valence-corrected chi connectivity index (χ4v) is 2.68. The Hall–Kier alpha value is -3.69. The van der Waals surface area contributed by atoms with Gasteiger partial charge in [0, 0.05) is 29.4 Å². The van der Waals surface area contributed by atoms with Crippen molar-refractivity contribution in [3.8, 4) is 0 Å². The predicted molar refractivity (Wildman–Crippen MR) is 123 cm³/mol. The third kappa shape index (κ3) is 6.93. The molecule has 10 heteroatoms. The lowest BCUT2D eigenvalue weighted by atomic mass is 9.92. The highest BCUT2D eigenvalue weighted by Gasteiger charge is 2.17. The summed E-state index contributed by atoms with van der Waals surface area (Å²) in [4.78, 5) is 24.6. The van der Waals surface area contributed by atoms with Gasteiger partial charge in [-0.1, -0.05) is 32.9 Å². The number of amides is 1. The van der Waals surface area contributed by atoms with E-state index >= 15 is 0 Å². The van der Waals surface area contributed by atoms with Crippen molar-refractivity contribution in [3.05, 3.63) is 47.9 Å². The van der Waals surface area contributed by atoms with Crippen LogP contribution in [0.3, 0.4) is 0 Å². The number of alkyl carbamates (subject to hydrolysis) is 1. The number of benzene rings is 1. The van der Waals surface area contributed by atoms with Gasteiger partial charge in [-0.2, -0.15) is 10.1 Å². The van der Waals surface area contributed by atoms with Crippen LogP contribution < -0.4 is 16.0 Å². The molecule has 0 fully saturated rings. The fourth-order valence-electron chi connectivity index (χ4n) is 2.68. The number of nitrogens with one attached hydrogen (secondary N) is 4. The first-order valence-electron chi connectivity index (χ1n) is 10.3. The molecular weight excluding hydrogens is 408 g/mol. The first-order chi connectivity index (χ1) is 15.0. The predicted octanol–water partition coefficient (Wildman–Crippen LogP) is 4.40. The molecule has 0 aliphatic carbocycles. The summed E-state index contributed by atoms with van der Waals surface area (Å²) < 4.78 is 5.26. The molecule has 0 atom stereocenters. The minimum atomic E-state index is -0.540. The van der Waals surface area contributed by atoms with Crippen LogP contribution in [-0.4, -0.2) is 36.8 Å². The molecule has 10 nitrogen and oxygen atoms in total. The summed E-state index contributed by atoms with van der Waals surface area (Å²) in [6, 6.07) is 9.51. The maximum absolute atomic E-state index is 11.9. The molecular formula is C22H30N8O2. The number of aromatic amines is 1. The lowest BCUT2D eigenvalue weighted by Crippen LogP contribution is -2.32. The van der Waals surface area contributed by atoms with Crippen molar-refractivity contribution in [1.29, 1.82) is 0 Å². The van der Waals surface area contributed by atoms with Crippen molar-refractivity contribution in [3.63, 3.8) is 0 Å². The van der Waals surface area contributed by atoms with Crippen molar-refractivity contribution in [2.24, 2.45) is 0 Å². The summed E-state index contributed by atoms with van der Waals surface area (Å²) in [6.07, 6.45) is 0.958. The Morgan fingerprint density at radius 3 is 2.41 bits per heavy atom. The van der Waals surface area contributed by atoms with Gasteiger partial charge >= 0.3 is 6.09 Å². The van der Waals surface area contributed by atoms with Gasteiger partial charge in [-0.3, -0.25) is 5.10 Å². The molecule has 3 aromatic rings. The minimum Gasteiger partial charge on any atom is -0.444 e. The Bertz CT molecular complexity index is 1070. The molecule has 1 amide bonds. The molecule has 0 saturated heterocycles. The highest BCUT2D eigenvalue weighted by Crippen LogP contribution is 2.23. The van der Waals surface area contributed by atoms with Gasteiger partial charge in [-0.15, -0.1) is 0 Å². The molecule has 3 rings (SSSR count). The van der Waals surface area contributed by atoms with Crippen LogP contribution in [0.4, 0.5) is 28.2 Å². The first kappa shape index (κ1) is 23.0. The molecule has 0 aliphatic heterocycles. The topological polar surface area (TPSA) is 130 Å². The van der Waals surface area contributed by atoms with Crippen LogP contribution in [0.15, 0.2) is 36.7 Å². The number of rotatable bonds is 6. The number of hydrogen-bond donors (Lipinski definition) is 4. The number of anilines is 4. The number of nitrogens with zero attached hydrogens (tertiary/aromatic N) is 4. The van der Waals surface area contributed by atoms with Crippen LogP contribution in [0, 0.1) is 0 Å². The van der Waals surface area contributed by atoms with Gasteiger partial charge < -0.3 is 20.7 Å². The summed E-state index contributed by atoms with van der Waals surface area (Å²) in [5, 5.41) is 16.3. The van der Waals surface area contributed by atoms with Gasteiger partial charge in [0.05, 0.1) is 0 Å². The number of aromatic nitrogens is 5. The number of carbonyl (C=O) groups is 1. The number of carbonyl (C=O) groups excluding carboxylic acids is 1. The average molecular weight is 439 g/mol. The zero-order valence-corrected chi connectivity index (χ0v) is 19.3. The van der Waals surface area contributed by atoms with E-state index in [0.29, 0.717) is 24.3 Å². The highest BCUT2D eigenvalue weighted by molar-refractivity contribution is 5.67. The monoisotopic (exact) mass is 438 g/mol. The van der Waals surface area contributed by atoms with Crippen LogP contribution in [0.25, 0.3) is 0 Å². The van der Waals surface area contributed by atoms with Crippen LogP contribution in [0.5, 0.6) is 0 Å². The van der Waals surface area contributed by atoms with E-state index in [2.05, 4.69) is 61.9 Å². The van der Waals surface area contributed by atoms with Crippen molar-refractivity contribution in [2.45, 2.75) is 59.1 Å². The normalized spacial score (nSPS) is 11.7. The summed E-state index contributed by atoms with van der Waals surface area (Å²) in [5.41, 5.74) is 2.11. The Kier molecular flexibility index (Phi) is 6.61. The van der Waals surface area contributed by atoms with Crippen LogP contribution in [0.2, 0.25) is 0 Å². The van der Waals surface area contributed by atoms with E-state index in [1.807, 2.05) is 51.1 Å². The molecule has 0 saturated carbocycles. The molecule has 4 N–H and O–H groups in total. The van der Waals surface area contributed by atoms with Crippen molar-refractivity contribution < 1.29 is 9.53 Å². The van der Waals surface area contributed by atoms with Gasteiger partial charge in [0.25, 0.3) is 0 Å². The van der Waals surface area contributed by atoms with Crippen molar-refractivity contribution in [2.75, 3.05) is 10.6 Å². The van der Waals surface area contributed by atoms with E-state index < -0.39 is 11.7 Å².